The fourth-order valence-electron chi connectivity index (χ4n) is 3.10. The highest BCUT2D eigenvalue weighted by molar-refractivity contribution is 7.11. The lowest BCUT2D eigenvalue weighted by Gasteiger charge is -2.39. The van der Waals surface area contributed by atoms with Crippen LogP contribution in [0, 0.1) is 0 Å². The monoisotopic (exact) mass is 385 g/mol. The number of aliphatic hydroxyl groups is 1. The van der Waals surface area contributed by atoms with E-state index in [0.29, 0.717) is 32.7 Å². The van der Waals surface area contributed by atoms with Crippen LogP contribution in [0.2, 0.25) is 18.1 Å². The second-order valence-corrected chi connectivity index (χ2v) is 14.7. The molecule has 2 heterocycles. The van der Waals surface area contributed by atoms with Gasteiger partial charge in [0.05, 0.1) is 19.8 Å². The maximum Gasteiger partial charge on any atom is 0.192 e. The lowest BCUT2D eigenvalue weighted by Crippen LogP contribution is -2.42. The van der Waals surface area contributed by atoms with Crippen molar-refractivity contribution in [2.24, 2.45) is 0 Å². The Kier molecular flexibility index (Phi) is 5.20. The zero-order valence-electron chi connectivity index (χ0n) is 16.1. The number of hydrogen-bond donors (Lipinski definition) is 1. The molecule has 0 unspecified atom stereocenters. The van der Waals surface area contributed by atoms with E-state index in [1.807, 2.05) is 6.20 Å². The Morgan fingerprint density at radius 1 is 1.20 bits per heavy atom. The van der Waals surface area contributed by atoms with Gasteiger partial charge < -0.3 is 19.0 Å². The molecule has 0 atom stereocenters. The summed E-state index contributed by atoms with van der Waals surface area (Å²) >= 11 is 1.58. The second-order valence-electron chi connectivity index (χ2n) is 8.82. The van der Waals surface area contributed by atoms with Crippen LogP contribution in [-0.2, 0) is 26.1 Å². The van der Waals surface area contributed by atoms with Gasteiger partial charge in [-0.3, -0.25) is 0 Å². The van der Waals surface area contributed by atoms with E-state index in [9.17, 15) is 5.11 Å². The van der Waals surface area contributed by atoms with E-state index in [0.717, 1.165) is 22.7 Å². The summed E-state index contributed by atoms with van der Waals surface area (Å²) in [6.07, 6.45) is 4.56. The van der Waals surface area contributed by atoms with Gasteiger partial charge in [0.25, 0.3) is 0 Å². The Hall–Kier alpha value is -0.313. The number of aromatic nitrogens is 1. The van der Waals surface area contributed by atoms with E-state index in [2.05, 4.69) is 38.8 Å². The van der Waals surface area contributed by atoms with Crippen molar-refractivity contribution in [2.45, 2.75) is 82.6 Å². The third-order valence-corrected chi connectivity index (χ3v) is 11.6. The number of nitrogens with zero attached hydrogens (tertiary/aromatic N) is 1. The number of ether oxygens (including phenoxy) is 2. The first-order valence-corrected chi connectivity index (χ1v) is 12.9. The first kappa shape index (κ1) is 19.4. The van der Waals surface area contributed by atoms with Crippen molar-refractivity contribution in [1.82, 2.24) is 4.98 Å². The van der Waals surface area contributed by atoms with E-state index in [1.165, 1.54) is 0 Å². The second kappa shape index (κ2) is 6.69. The molecule has 142 valence electrons. The molecule has 1 aliphatic carbocycles. The van der Waals surface area contributed by atoms with Crippen molar-refractivity contribution in [2.75, 3.05) is 13.2 Å². The molecule has 0 amide bonds. The van der Waals surface area contributed by atoms with Crippen LogP contribution in [0.1, 0.15) is 56.3 Å². The van der Waals surface area contributed by atoms with Gasteiger partial charge >= 0.3 is 0 Å². The van der Waals surface area contributed by atoms with Crippen LogP contribution in [0.15, 0.2) is 6.20 Å². The lowest BCUT2D eigenvalue weighted by atomic mass is 9.82. The van der Waals surface area contributed by atoms with Gasteiger partial charge in [-0.2, -0.15) is 0 Å². The molecule has 0 aromatic carbocycles. The Balaban J connectivity index is 1.61. The molecule has 1 N–H and O–H groups in total. The summed E-state index contributed by atoms with van der Waals surface area (Å²) in [5.74, 6) is -0.461. The van der Waals surface area contributed by atoms with Crippen LogP contribution in [-0.4, -0.2) is 37.4 Å². The number of hydrogen-bond acceptors (Lipinski definition) is 6. The highest BCUT2D eigenvalue weighted by atomic mass is 32.1. The maximum absolute atomic E-state index is 11.1. The molecule has 1 saturated heterocycles. The summed E-state index contributed by atoms with van der Waals surface area (Å²) in [4.78, 5) is 5.60. The van der Waals surface area contributed by atoms with Crippen molar-refractivity contribution in [3.05, 3.63) is 16.1 Å². The summed E-state index contributed by atoms with van der Waals surface area (Å²) in [5.41, 5.74) is -0.861. The van der Waals surface area contributed by atoms with Crippen molar-refractivity contribution in [1.29, 1.82) is 0 Å². The standard InChI is InChI=1S/C18H31NO4SSi/c1-16(2,3)25(4,5)23-13-14-12-19-15(24-14)17(20)6-8-18(9-7-17)21-10-11-22-18/h12,20H,6-11,13H2,1-5H3. The van der Waals surface area contributed by atoms with Crippen molar-refractivity contribution < 1.29 is 19.0 Å². The van der Waals surface area contributed by atoms with Gasteiger partial charge in [0, 0.05) is 23.9 Å². The summed E-state index contributed by atoms with van der Waals surface area (Å²) in [5, 5.41) is 12.1. The molecule has 0 bridgehead atoms. The van der Waals surface area contributed by atoms with Crippen molar-refractivity contribution in [3.8, 4) is 0 Å². The average Bonchev–Trinajstić information content (AvgIpc) is 3.18. The van der Waals surface area contributed by atoms with Gasteiger partial charge in [-0.25, -0.2) is 4.98 Å². The number of rotatable bonds is 4. The molecule has 5 nitrogen and oxygen atoms in total. The topological polar surface area (TPSA) is 60.8 Å². The van der Waals surface area contributed by atoms with Crippen LogP contribution < -0.4 is 0 Å². The maximum atomic E-state index is 11.1. The van der Waals surface area contributed by atoms with Gasteiger partial charge in [-0.1, -0.05) is 20.8 Å². The molecule has 2 aliphatic rings. The lowest BCUT2D eigenvalue weighted by molar-refractivity contribution is -0.204. The van der Waals surface area contributed by atoms with E-state index in [1.54, 1.807) is 11.3 Å². The van der Waals surface area contributed by atoms with Crippen LogP contribution in [0.5, 0.6) is 0 Å². The molecular formula is C18H31NO4SSi. The minimum Gasteiger partial charge on any atom is -0.412 e. The van der Waals surface area contributed by atoms with E-state index >= 15 is 0 Å². The van der Waals surface area contributed by atoms with Gasteiger partial charge in [0.15, 0.2) is 14.1 Å². The molecule has 1 spiro atoms. The number of thiazole rings is 1. The first-order chi connectivity index (χ1) is 11.6. The highest BCUT2D eigenvalue weighted by Gasteiger charge is 2.47. The van der Waals surface area contributed by atoms with Crippen molar-refractivity contribution in [3.63, 3.8) is 0 Å². The van der Waals surface area contributed by atoms with Gasteiger partial charge in [0.1, 0.15) is 10.6 Å². The summed E-state index contributed by atoms with van der Waals surface area (Å²) in [6, 6.07) is 0. The molecule has 1 aromatic rings. The largest absolute Gasteiger partial charge is 0.412 e. The van der Waals surface area contributed by atoms with E-state index in [4.69, 9.17) is 13.9 Å². The minimum absolute atomic E-state index is 0.192. The van der Waals surface area contributed by atoms with Crippen molar-refractivity contribution >= 4 is 19.7 Å². The quantitative estimate of drug-likeness (QED) is 0.788. The van der Waals surface area contributed by atoms with Gasteiger partial charge in [-0.15, -0.1) is 11.3 Å². The Labute approximate surface area is 155 Å². The SMILES string of the molecule is CC(C)(C)[Si](C)(C)OCc1cnc(C2(O)CCC3(CC2)OCCO3)s1. The molecule has 1 saturated carbocycles. The molecule has 25 heavy (non-hydrogen) atoms. The molecule has 7 heteroatoms. The summed E-state index contributed by atoms with van der Waals surface area (Å²) in [7, 11) is -1.78. The van der Waals surface area contributed by atoms with Crippen LogP contribution in [0.4, 0.5) is 0 Å². The Morgan fingerprint density at radius 3 is 2.36 bits per heavy atom. The smallest absolute Gasteiger partial charge is 0.192 e. The average molecular weight is 386 g/mol. The summed E-state index contributed by atoms with van der Waals surface area (Å²) < 4.78 is 17.8. The van der Waals surface area contributed by atoms with Crippen LogP contribution in [0.25, 0.3) is 0 Å². The predicted octanol–water partition coefficient (Wildman–Crippen LogP) is 4.17. The molecule has 1 aromatic heterocycles. The minimum atomic E-state index is -1.78. The Bertz CT molecular complexity index is 594. The van der Waals surface area contributed by atoms with Crippen LogP contribution in [0.3, 0.4) is 0 Å². The molecule has 2 fully saturated rings. The third-order valence-electron chi connectivity index (χ3n) is 5.99. The first-order valence-electron chi connectivity index (χ1n) is 9.15. The highest BCUT2D eigenvalue weighted by Crippen LogP contribution is 2.46. The zero-order valence-corrected chi connectivity index (χ0v) is 17.9. The summed E-state index contributed by atoms with van der Waals surface area (Å²) in [6.45, 7) is 13.1. The fraction of sp³-hybridized carbons (Fsp3) is 0.833. The van der Waals surface area contributed by atoms with E-state index < -0.39 is 19.7 Å². The molecular weight excluding hydrogens is 354 g/mol. The van der Waals surface area contributed by atoms with Crippen LogP contribution >= 0.6 is 11.3 Å². The zero-order chi connectivity index (χ0) is 18.3. The fourth-order valence-corrected chi connectivity index (χ4v) is 5.13. The van der Waals surface area contributed by atoms with E-state index in [-0.39, 0.29) is 5.04 Å². The molecule has 0 radical (unpaired) electrons. The molecule has 1 aliphatic heterocycles. The predicted molar refractivity (Wildman–Crippen MR) is 101 cm³/mol. The third kappa shape index (κ3) is 4.01. The van der Waals surface area contributed by atoms with Gasteiger partial charge in [-0.05, 0) is 31.0 Å². The molecule has 3 rings (SSSR count). The Morgan fingerprint density at radius 2 is 1.80 bits per heavy atom. The van der Waals surface area contributed by atoms with Gasteiger partial charge in [0.2, 0.25) is 0 Å². The normalized spacial score (nSPS) is 23.3.